The summed E-state index contributed by atoms with van der Waals surface area (Å²) in [5, 5.41) is 12.9. The van der Waals surface area contributed by atoms with Crippen LogP contribution in [0, 0.1) is 0 Å². The standard InChI is InChI=1S/C45H28N2/c1-2-10-37-36(9-1)39-11-5-7-33-22-23-34-8-6-12-40(45(34)44(33)39)38-25-24-35(27-41(37)38)31-16-14-29(15-17-31)30-18-20-32(21-19-30)42-28-47-26-4-3-13-43(47)46-42/h1-28H. The lowest BCUT2D eigenvalue weighted by Gasteiger charge is -2.14. The van der Waals surface area contributed by atoms with E-state index in [0.29, 0.717) is 0 Å². The average Bonchev–Trinajstić information content (AvgIpc) is 3.58. The quantitative estimate of drug-likeness (QED) is 0.185. The van der Waals surface area contributed by atoms with Gasteiger partial charge in [0.05, 0.1) is 5.69 Å². The third-order valence-electron chi connectivity index (χ3n) is 9.80. The fourth-order valence-electron chi connectivity index (χ4n) is 7.50. The number of hydrogen-bond donors (Lipinski definition) is 0. The van der Waals surface area contributed by atoms with E-state index in [0.717, 1.165) is 16.9 Å². The van der Waals surface area contributed by atoms with Crippen molar-refractivity contribution in [3.05, 3.63) is 170 Å². The highest BCUT2D eigenvalue weighted by Crippen LogP contribution is 2.41. The Kier molecular flexibility index (Phi) is 5.61. The van der Waals surface area contributed by atoms with Crippen LogP contribution in [0.2, 0.25) is 0 Å². The van der Waals surface area contributed by atoms with Gasteiger partial charge in [0.2, 0.25) is 0 Å². The first-order valence-corrected chi connectivity index (χ1v) is 16.1. The van der Waals surface area contributed by atoms with Crippen molar-refractivity contribution in [1.82, 2.24) is 9.38 Å². The lowest BCUT2D eigenvalue weighted by molar-refractivity contribution is 1.19. The molecule has 2 heterocycles. The monoisotopic (exact) mass is 596 g/mol. The van der Waals surface area contributed by atoms with E-state index in [2.05, 4.69) is 150 Å². The molecule has 10 rings (SSSR count). The number of imidazole rings is 1. The summed E-state index contributed by atoms with van der Waals surface area (Å²) in [5.41, 5.74) is 7.86. The molecule has 2 aromatic heterocycles. The van der Waals surface area contributed by atoms with E-state index in [4.69, 9.17) is 4.98 Å². The number of nitrogens with zero attached hydrogens (tertiary/aromatic N) is 2. The molecule has 0 spiro atoms. The van der Waals surface area contributed by atoms with Gasteiger partial charge in [-0.2, -0.15) is 0 Å². The Morgan fingerprint density at radius 3 is 1.51 bits per heavy atom. The van der Waals surface area contributed by atoms with Crippen molar-refractivity contribution in [3.8, 4) is 33.5 Å². The van der Waals surface area contributed by atoms with Gasteiger partial charge in [-0.3, -0.25) is 0 Å². The normalized spacial score (nSPS) is 11.8. The average molecular weight is 597 g/mol. The van der Waals surface area contributed by atoms with E-state index in [1.54, 1.807) is 0 Å². The van der Waals surface area contributed by atoms with E-state index in [1.807, 2.05) is 24.4 Å². The van der Waals surface area contributed by atoms with Gasteiger partial charge in [-0.05, 0) is 94.3 Å². The predicted molar refractivity (Wildman–Crippen MR) is 199 cm³/mol. The molecule has 0 fully saturated rings. The number of hydrogen-bond acceptors (Lipinski definition) is 1. The number of benzene rings is 7. The zero-order valence-electron chi connectivity index (χ0n) is 25.6. The third kappa shape index (κ3) is 4.09. The highest BCUT2D eigenvalue weighted by molar-refractivity contribution is 6.32. The molecule has 0 aliphatic rings. The second kappa shape index (κ2) is 10.1. The van der Waals surface area contributed by atoms with Gasteiger partial charge in [0, 0.05) is 18.0 Å². The molecule has 0 unspecified atom stereocenters. The van der Waals surface area contributed by atoms with Crippen LogP contribution < -0.4 is 0 Å². The van der Waals surface area contributed by atoms with Gasteiger partial charge in [-0.15, -0.1) is 0 Å². The van der Waals surface area contributed by atoms with E-state index in [9.17, 15) is 0 Å². The van der Waals surface area contributed by atoms with Crippen LogP contribution in [0.3, 0.4) is 0 Å². The molecule has 218 valence electrons. The van der Waals surface area contributed by atoms with Crippen molar-refractivity contribution in [3.63, 3.8) is 0 Å². The summed E-state index contributed by atoms with van der Waals surface area (Å²) in [6.07, 6.45) is 4.12. The minimum atomic E-state index is 0.957. The smallest absolute Gasteiger partial charge is 0.137 e. The molecule has 8 aromatic carbocycles. The van der Waals surface area contributed by atoms with Crippen molar-refractivity contribution in [2.24, 2.45) is 0 Å². The summed E-state index contributed by atoms with van der Waals surface area (Å²) in [4.78, 5) is 4.78. The minimum Gasteiger partial charge on any atom is -0.306 e. The highest BCUT2D eigenvalue weighted by atomic mass is 15.0. The van der Waals surface area contributed by atoms with E-state index >= 15 is 0 Å². The first kappa shape index (κ1) is 26.0. The molecule has 0 radical (unpaired) electrons. The Labute approximate surface area is 271 Å². The van der Waals surface area contributed by atoms with Crippen LogP contribution in [-0.2, 0) is 0 Å². The molecule has 2 nitrogen and oxygen atoms in total. The second-order valence-electron chi connectivity index (χ2n) is 12.4. The van der Waals surface area contributed by atoms with Crippen molar-refractivity contribution >= 4 is 59.5 Å². The molecule has 0 atom stereocenters. The van der Waals surface area contributed by atoms with Crippen LogP contribution in [-0.4, -0.2) is 9.38 Å². The zero-order chi connectivity index (χ0) is 30.9. The Hall–Kier alpha value is -6.25. The molecular weight excluding hydrogens is 569 g/mol. The molecule has 0 N–H and O–H groups in total. The molecule has 0 amide bonds. The van der Waals surface area contributed by atoms with Crippen LogP contribution in [0.4, 0.5) is 0 Å². The van der Waals surface area contributed by atoms with Crippen LogP contribution in [0.15, 0.2) is 170 Å². The van der Waals surface area contributed by atoms with Crippen molar-refractivity contribution in [2.75, 3.05) is 0 Å². The maximum Gasteiger partial charge on any atom is 0.137 e. The zero-order valence-corrected chi connectivity index (χ0v) is 25.6. The molecular formula is C45H28N2. The second-order valence-corrected chi connectivity index (χ2v) is 12.4. The Balaban J connectivity index is 1.10. The molecule has 2 heteroatoms. The minimum absolute atomic E-state index is 0.957. The van der Waals surface area contributed by atoms with E-state index in [-0.39, 0.29) is 0 Å². The number of rotatable bonds is 3. The van der Waals surface area contributed by atoms with Crippen LogP contribution in [0.5, 0.6) is 0 Å². The number of pyridine rings is 1. The summed E-state index contributed by atoms with van der Waals surface area (Å²) >= 11 is 0. The summed E-state index contributed by atoms with van der Waals surface area (Å²) in [6, 6.07) is 57.6. The largest absolute Gasteiger partial charge is 0.306 e. The molecule has 0 saturated carbocycles. The van der Waals surface area contributed by atoms with Gasteiger partial charge in [0.1, 0.15) is 5.65 Å². The Morgan fingerprint density at radius 1 is 0.362 bits per heavy atom. The SMILES string of the molecule is c1ccc2c(c1)c1cc(-c3ccc(-c4ccc(-c5cn6ccccc6n5)cc4)cc3)ccc1c1cccc3ccc4cccc2c4c31. The Morgan fingerprint density at radius 2 is 0.872 bits per heavy atom. The van der Waals surface area contributed by atoms with Crippen molar-refractivity contribution in [2.45, 2.75) is 0 Å². The molecule has 47 heavy (non-hydrogen) atoms. The lowest BCUT2D eigenvalue weighted by Crippen LogP contribution is -1.87. The van der Waals surface area contributed by atoms with Crippen LogP contribution >= 0.6 is 0 Å². The van der Waals surface area contributed by atoms with Gasteiger partial charge in [0.25, 0.3) is 0 Å². The molecule has 0 aliphatic heterocycles. The maximum atomic E-state index is 4.78. The van der Waals surface area contributed by atoms with Crippen molar-refractivity contribution < 1.29 is 0 Å². The molecule has 0 saturated heterocycles. The summed E-state index contributed by atoms with van der Waals surface area (Å²) in [7, 11) is 0. The van der Waals surface area contributed by atoms with Gasteiger partial charge < -0.3 is 4.40 Å². The fraction of sp³-hybridized carbons (Fsp3) is 0. The Bertz CT molecular complexity index is 2790. The predicted octanol–water partition coefficient (Wildman–Crippen LogP) is 12.1. The summed E-state index contributed by atoms with van der Waals surface area (Å²) < 4.78 is 2.06. The fourth-order valence-corrected chi connectivity index (χ4v) is 7.50. The summed E-state index contributed by atoms with van der Waals surface area (Å²) in [6.45, 7) is 0. The molecule has 10 aromatic rings. The van der Waals surface area contributed by atoms with Gasteiger partial charge in [-0.1, -0.05) is 140 Å². The van der Waals surface area contributed by atoms with Crippen LogP contribution in [0.1, 0.15) is 0 Å². The lowest BCUT2D eigenvalue weighted by atomic mass is 9.89. The molecule has 0 aliphatic carbocycles. The van der Waals surface area contributed by atoms with E-state index in [1.165, 1.54) is 76.1 Å². The van der Waals surface area contributed by atoms with E-state index < -0.39 is 0 Å². The first-order valence-electron chi connectivity index (χ1n) is 16.1. The van der Waals surface area contributed by atoms with Gasteiger partial charge >= 0.3 is 0 Å². The maximum absolute atomic E-state index is 4.78. The topological polar surface area (TPSA) is 17.3 Å². The molecule has 0 bridgehead atoms. The first-order chi connectivity index (χ1) is 23.3. The van der Waals surface area contributed by atoms with Crippen molar-refractivity contribution in [1.29, 1.82) is 0 Å². The number of aromatic nitrogens is 2. The summed E-state index contributed by atoms with van der Waals surface area (Å²) in [5.74, 6) is 0. The van der Waals surface area contributed by atoms with Gasteiger partial charge in [-0.25, -0.2) is 4.98 Å². The third-order valence-corrected chi connectivity index (χ3v) is 9.80. The number of fused-ring (bicyclic) bond motifs is 6. The van der Waals surface area contributed by atoms with Crippen LogP contribution in [0.25, 0.3) is 93.0 Å². The van der Waals surface area contributed by atoms with Gasteiger partial charge in [0.15, 0.2) is 0 Å². The highest BCUT2D eigenvalue weighted by Gasteiger charge is 2.13.